The smallest absolute Gasteiger partial charge is 0.323 e. The van der Waals surface area contributed by atoms with E-state index in [1.165, 1.54) is 6.33 Å². The van der Waals surface area contributed by atoms with Crippen LogP contribution in [0.15, 0.2) is 145 Å². The van der Waals surface area contributed by atoms with E-state index < -0.39 is 69.0 Å². The van der Waals surface area contributed by atoms with Crippen LogP contribution in [0, 0.1) is 0 Å². The molecule has 0 spiro atoms. The summed E-state index contributed by atoms with van der Waals surface area (Å²) in [4.78, 5) is 74.4. The third-order valence-corrected chi connectivity index (χ3v) is 17.0. The molecule has 0 aliphatic heterocycles. The van der Waals surface area contributed by atoms with Gasteiger partial charge in [-0.3, -0.25) is 33.1 Å². The molecular weight excluding hydrogens is 1050 g/mol. The zero-order chi connectivity index (χ0) is 56.5. The molecule has 6 rings (SSSR count). The molecule has 4 atom stereocenters. The molecule has 2 heterocycles. The van der Waals surface area contributed by atoms with Crippen molar-refractivity contribution in [2.24, 2.45) is 0 Å². The topological polar surface area (TPSA) is 257 Å². The van der Waals surface area contributed by atoms with E-state index in [0.29, 0.717) is 11.0 Å². The lowest BCUT2D eigenvalue weighted by Gasteiger charge is -2.30. The third-order valence-electron chi connectivity index (χ3n) is 12.5. The van der Waals surface area contributed by atoms with Crippen LogP contribution in [0.3, 0.4) is 0 Å². The van der Waals surface area contributed by atoms with Crippen molar-refractivity contribution in [1.29, 1.82) is 0 Å². The molecule has 2 aromatic heterocycles. The molecule has 0 unspecified atom stereocenters. The van der Waals surface area contributed by atoms with Crippen molar-refractivity contribution >= 4 is 49.8 Å². The van der Waals surface area contributed by atoms with Crippen molar-refractivity contribution in [2.75, 3.05) is 65.2 Å². The lowest BCUT2D eigenvalue weighted by atomic mass is 10.1. The number of carbonyl (C=O) groups is 4. The molecule has 22 heteroatoms. The van der Waals surface area contributed by atoms with Crippen molar-refractivity contribution in [3.05, 3.63) is 173 Å². The van der Waals surface area contributed by atoms with Gasteiger partial charge in [-0.25, -0.2) is 25.3 Å². The van der Waals surface area contributed by atoms with Gasteiger partial charge in [-0.1, -0.05) is 121 Å². The minimum absolute atomic E-state index is 0.0691. The SMILES string of the molecule is CCOC(=O)[C@H](Cc1ccccc1)NP(=O)(CCOCC(COCCP(=O)(N[C@@H](Cc1ccccc1)C(=O)OCC)N[C@@H](Cc1ccccc1)C(=O)OCC)n1ccc2c(=O)[nH]cnc21)N[C@@H](Cc1ccccc1)C(=O)OCC. The van der Waals surface area contributed by atoms with Gasteiger partial charge >= 0.3 is 23.9 Å². The Kier molecular flexibility index (Phi) is 24.8. The van der Waals surface area contributed by atoms with Crippen LogP contribution in [-0.2, 0) is 82.4 Å². The molecule has 0 saturated heterocycles. The largest absolute Gasteiger partial charge is 0.465 e. The fraction of sp³-hybridized carbons (Fsp3) is 0.404. The Morgan fingerprint density at radius 1 is 0.506 bits per heavy atom. The monoisotopic (exact) mass is 1130 g/mol. The standard InChI is InChI=1S/C57H73N7O13P2/c1-5-74-54(66)48(35-42-21-13-9-14-22-42)60-78(70,61-49(55(67)75-6-2)36-43-23-15-10-16-24-43)33-31-72-39-46(64-30-29-47-52(64)58-41-59-53(47)65)40-73-32-34-79(71,62-50(56(68)76-7-3)37-44-25-17-11-18-26-44)63-51(57(69)77-8-4)38-45-27-19-12-20-28-45/h9-30,41,46,48-51H,5-8,31-40H2,1-4H3,(H,58,59,65)(H2,60,61,70)(H2,62,63,71)/t48-,49-,50-,51-/m0/s1. The van der Waals surface area contributed by atoms with E-state index in [2.05, 4.69) is 30.3 Å². The summed E-state index contributed by atoms with van der Waals surface area (Å²) in [5.74, 6) is -2.56. The van der Waals surface area contributed by atoms with Gasteiger partial charge in [0.05, 0.1) is 82.9 Å². The zero-order valence-electron chi connectivity index (χ0n) is 45.2. The van der Waals surface area contributed by atoms with Crippen molar-refractivity contribution in [1.82, 2.24) is 34.9 Å². The molecule has 0 radical (unpaired) electrons. The number of nitrogens with zero attached hydrogens (tertiary/aromatic N) is 2. The number of ether oxygens (including phenoxy) is 6. The first-order chi connectivity index (χ1) is 38.3. The number of hydrogen-bond acceptors (Lipinski definition) is 14. The molecule has 0 amide bonds. The van der Waals surface area contributed by atoms with Crippen LogP contribution in [-0.4, -0.2) is 128 Å². The maximum atomic E-state index is 15.4. The Bertz CT molecular complexity index is 2690. The first kappa shape index (κ1) is 61.6. The van der Waals surface area contributed by atoms with Gasteiger partial charge in [-0.05, 0) is 81.7 Å². The highest BCUT2D eigenvalue weighted by atomic mass is 31.2. The van der Waals surface area contributed by atoms with Crippen LogP contribution in [0.2, 0.25) is 0 Å². The summed E-state index contributed by atoms with van der Waals surface area (Å²) in [6.45, 7) is 6.41. The number of aromatic nitrogens is 3. The van der Waals surface area contributed by atoms with Gasteiger partial charge in [0.2, 0.25) is 14.9 Å². The van der Waals surface area contributed by atoms with E-state index in [0.717, 1.165) is 22.3 Å². The molecule has 5 N–H and O–H groups in total. The average Bonchev–Trinajstić information content (AvgIpc) is 3.90. The maximum Gasteiger partial charge on any atom is 0.323 e. The van der Waals surface area contributed by atoms with Gasteiger partial charge in [0.15, 0.2) is 0 Å². The minimum Gasteiger partial charge on any atom is -0.465 e. The fourth-order valence-electron chi connectivity index (χ4n) is 8.75. The summed E-state index contributed by atoms with van der Waals surface area (Å²) in [6.07, 6.45) is 2.95. The number of esters is 4. The van der Waals surface area contributed by atoms with Gasteiger partial charge in [0, 0.05) is 6.20 Å². The average molecular weight is 1130 g/mol. The molecule has 6 aromatic rings. The van der Waals surface area contributed by atoms with Gasteiger partial charge in [0.25, 0.3) is 5.56 Å². The highest BCUT2D eigenvalue weighted by Crippen LogP contribution is 2.40. The van der Waals surface area contributed by atoms with E-state index in [1.54, 1.807) is 44.5 Å². The molecule has 0 fully saturated rings. The van der Waals surface area contributed by atoms with Gasteiger partial charge in [-0.15, -0.1) is 0 Å². The molecule has 0 saturated carbocycles. The number of rotatable bonds is 35. The molecular formula is C57H73N7O13P2. The first-order valence-corrected chi connectivity index (χ1v) is 30.3. The Morgan fingerprint density at radius 2 is 0.823 bits per heavy atom. The first-order valence-electron chi connectivity index (χ1n) is 26.6. The van der Waals surface area contributed by atoms with Crippen LogP contribution in [0.1, 0.15) is 56.0 Å². The lowest BCUT2D eigenvalue weighted by molar-refractivity contribution is -0.146. The fourth-order valence-corrected chi connectivity index (χ4v) is 13.0. The summed E-state index contributed by atoms with van der Waals surface area (Å²) in [6, 6.07) is 33.2. The van der Waals surface area contributed by atoms with Crippen molar-refractivity contribution in [2.45, 2.75) is 83.6 Å². The quantitative estimate of drug-likeness (QED) is 0.0119. The predicted molar refractivity (Wildman–Crippen MR) is 301 cm³/mol. The molecule has 0 bridgehead atoms. The lowest BCUT2D eigenvalue weighted by Crippen LogP contribution is -2.46. The van der Waals surface area contributed by atoms with Crippen LogP contribution in [0.5, 0.6) is 0 Å². The van der Waals surface area contributed by atoms with E-state index in [9.17, 15) is 24.0 Å². The van der Waals surface area contributed by atoms with Crippen molar-refractivity contribution in [3.8, 4) is 0 Å². The highest BCUT2D eigenvalue weighted by molar-refractivity contribution is 7.60. The number of fused-ring (bicyclic) bond motifs is 1. The van der Waals surface area contributed by atoms with Crippen molar-refractivity contribution < 1.29 is 56.7 Å². The summed E-state index contributed by atoms with van der Waals surface area (Å²) in [7, 11) is -7.99. The Labute approximate surface area is 461 Å². The molecule has 79 heavy (non-hydrogen) atoms. The Hall–Kier alpha value is -6.60. The van der Waals surface area contributed by atoms with Crippen LogP contribution in [0.25, 0.3) is 11.0 Å². The minimum atomic E-state index is -4.00. The summed E-state index contributed by atoms with van der Waals surface area (Å²) < 4.78 is 67.1. The van der Waals surface area contributed by atoms with E-state index in [1.807, 2.05) is 121 Å². The second kappa shape index (κ2) is 31.9. The predicted octanol–water partition coefficient (Wildman–Crippen LogP) is 6.74. The Balaban J connectivity index is 1.26. The second-order valence-corrected chi connectivity index (χ2v) is 23.3. The van der Waals surface area contributed by atoms with E-state index in [4.69, 9.17) is 28.4 Å². The van der Waals surface area contributed by atoms with E-state index in [-0.39, 0.29) is 96.4 Å². The third kappa shape index (κ3) is 19.6. The Morgan fingerprint density at radius 3 is 1.13 bits per heavy atom. The summed E-state index contributed by atoms with van der Waals surface area (Å²) in [5.41, 5.74) is 3.04. The second-order valence-electron chi connectivity index (χ2n) is 18.4. The van der Waals surface area contributed by atoms with Crippen LogP contribution >= 0.6 is 14.9 Å². The molecule has 20 nitrogen and oxygen atoms in total. The molecule has 424 valence electrons. The van der Waals surface area contributed by atoms with Crippen LogP contribution in [0.4, 0.5) is 0 Å². The number of benzene rings is 4. The molecule has 4 aromatic carbocycles. The molecule has 0 aliphatic carbocycles. The van der Waals surface area contributed by atoms with Gasteiger partial charge in [0.1, 0.15) is 29.8 Å². The van der Waals surface area contributed by atoms with Crippen molar-refractivity contribution in [3.63, 3.8) is 0 Å². The number of carbonyl (C=O) groups excluding carboxylic acids is 4. The zero-order valence-corrected chi connectivity index (χ0v) is 47.0. The van der Waals surface area contributed by atoms with Crippen LogP contribution < -0.4 is 25.9 Å². The number of aromatic amines is 1. The maximum absolute atomic E-state index is 15.4. The van der Waals surface area contributed by atoms with Gasteiger partial charge in [-0.2, -0.15) is 0 Å². The highest BCUT2D eigenvalue weighted by Gasteiger charge is 2.37. The van der Waals surface area contributed by atoms with Gasteiger partial charge < -0.3 is 38.0 Å². The number of H-pyrrole nitrogens is 1. The number of hydrogen-bond donors (Lipinski definition) is 5. The number of nitrogens with one attached hydrogen (secondary N) is 5. The summed E-state index contributed by atoms with van der Waals surface area (Å²) in [5, 5.41) is 12.6. The molecule has 0 aliphatic rings. The van der Waals surface area contributed by atoms with E-state index >= 15 is 9.13 Å². The normalized spacial score (nSPS) is 13.3. The summed E-state index contributed by atoms with van der Waals surface area (Å²) >= 11 is 0.